The molecule has 0 bridgehead atoms. The molecule has 0 aliphatic rings. The maximum Gasteiger partial charge on any atom is 0.221 e. The SMILES string of the molecule is CCCCCC(=O)Cl.c1ccccc1. The van der Waals surface area contributed by atoms with Crippen LogP contribution in [0.1, 0.15) is 32.6 Å². The number of carbonyl (C=O) groups is 1. The Morgan fingerprint density at radius 1 is 1.00 bits per heavy atom. The first-order valence-electron chi connectivity index (χ1n) is 4.95. The van der Waals surface area contributed by atoms with Crippen molar-refractivity contribution in [1.82, 2.24) is 0 Å². The molecule has 0 aromatic heterocycles. The Labute approximate surface area is 91.1 Å². The average molecular weight is 213 g/mol. The fourth-order valence-electron chi connectivity index (χ4n) is 0.899. The second-order valence-corrected chi connectivity index (χ2v) is 3.39. The topological polar surface area (TPSA) is 17.1 Å². The van der Waals surface area contributed by atoms with Gasteiger partial charge in [-0.2, -0.15) is 0 Å². The molecule has 0 atom stereocenters. The predicted octanol–water partition coefficient (Wildman–Crippen LogP) is 4.02. The van der Waals surface area contributed by atoms with Crippen molar-refractivity contribution >= 4 is 16.8 Å². The summed E-state index contributed by atoms with van der Waals surface area (Å²) in [6.07, 6.45) is 3.73. The zero-order chi connectivity index (χ0) is 10.6. The Morgan fingerprint density at radius 2 is 1.43 bits per heavy atom. The van der Waals surface area contributed by atoms with Crippen molar-refractivity contribution in [2.45, 2.75) is 32.6 Å². The molecule has 0 amide bonds. The molecule has 0 heterocycles. The molecular weight excluding hydrogens is 196 g/mol. The third-order valence-corrected chi connectivity index (χ3v) is 1.83. The lowest BCUT2D eigenvalue weighted by Gasteiger charge is -1.89. The maximum atomic E-state index is 10.1. The quantitative estimate of drug-likeness (QED) is 0.544. The molecule has 0 saturated carbocycles. The van der Waals surface area contributed by atoms with Gasteiger partial charge in [-0.1, -0.05) is 56.2 Å². The fraction of sp³-hybridized carbons (Fsp3) is 0.417. The minimum atomic E-state index is -0.210. The van der Waals surface area contributed by atoms with Crippen LogP contribution in [0.5, 0.6) is 0 Å². The zero-order valence-electron chi connectivity index (χ0n) is 8.58. The summed E-state index contributed by atoms with van der Waals surface area (Å²) in [7, 11) is 0. The van der Waals surface area contributed by atoms with Crippen LogP contribution >= 0.6 is 11.6 Å². The van der Waals surface area contributed by atoms with Crippen LogP contribution in [0.4, 0.5) is 0 Å². The molecule has 0 fully saturated rings. The van der Waals surface area contributed by atoms with E-state index in [4.69, 9.17) is 11.6 Å². The van der Waals surface area contributed by atoms with Crippen molar-refractivity contribution < 1.29 is 4.79 Å². The first-order chi connectivity index (χ1) is 6.77. The Hall–Kier alpha value is -0.820. The molecule has 1 nitrogen and oxygen atoms in total. The minimum absolute atomic E-state index is 0.210. The Morgan fingerprint density at radius 3 is 1.71 bits per heavy atom. The summed E-state index contributed by atoms with van der Waals surface area (Å²) in [5, 5.41) is -0.210. The van der Waals surface area contributed by atoms with Gasteiger partial charge in [-0.15, -0.1) is 0 Å². The summed E-state index contributed by atoms with van der Waals surface area (Å²) in [4.78, 5) is 10.1. The first-order valence-corrected chi connectivity index (χ1v) is 5.33. The molecule has 0 aliphatic carbocycles. The summed E-state index contributed by atoms with van der Waals surface area (Å²) < 4.78 is 0. The molecule has 1 aromatic carbocycles. The molecule has 0 aliphatic heterocycles. The molecule has 0 radical (unpaired) electrons. The number of unbranched alkanes of at least 4 members (excludes halogenated alkanes) is 2. The number of hydrogen-bond donors (Lipinski definition) is 0. The van der Waals surface area contributed by atoms with E-state index in [2.05, 4.69) is 6.92 Å². The molecule has 0 unspecified atom stereocenters. The van der Waals surface area contributed by atoms with E-state index < -0.39 is 0 Å². The minimum Gasteiger partial charge on any atom is -0.281 e. The van der Waals surface area contributed by atoms with Crippen LogP contribution in [0, 0.1) is 0 Å². The lowest BCUT2D eigenvalue weighted by Crippen LogP contribution is -1.84. The lowest BCUT2D eigenvalue weighted by atomic mass is 10.2. The molecule has 1 aromatic rings. The van der Waals surface area contributed by atoms with Gasteiger partial charge in [0.15, 0.2) is 0 Å². The number of hydrogen-bond acceptors (Lipinski definition) is 1. The van der Waals surface area contributed by atoms with E-state index in [0.717, 1.165) is 19.3 Å². The Kier molecular flexibility index (Phi) is 9.66. The highest BCUT2D eigenvalue weighted by Gasteiger charge is 1.92. The van der Waals surface area contributed by atoms with Gasteiger partial charge in [0.25, 0.3) is 0 Å². The van der Waals surface area contributed by atoms with E-state index in [9.17, 15) is 4.79 Å². The monoisotopic (exact) mass is 212 g/mol. The average Bonchev–Trinajstić information content (AvgIpc) is 2.21. The molecular formula is C12H17ClO. The van der Waals surface area contributed by atoms with Gasteiger partial charge in [0.05, 0.1) is 0 Å². The zero-order valence-corrected chi connectivity index (χ0v) is 9.33. The first kappa shape index (κ1) is 13.2. The fourth-order valence-corrected chi connectivity index (χ4v) is 1.03. The second kappa shape index (κ2) is 10.3. The summed E-state index contributed by atoms with van der Waals surface area (Å²) in [6.45, 7) is 2.10. The van der Waals surface area contributed by atoms with Gasteiger partial charge in [-0.25, -0.2) is 0 Å². The predicted molar refractivity (Wildman–Crippen MR) is 61.4 cm³/mol. The second-order valence-electron chi connectivity index (χ2n) is 2.97. The van der Waals surface area contributed by atoms with Crippen LogP contribution in [0.3, 0.4) is 0 Å². The van der Waals surface area contributed by atoms with E-state index in [1.165, 1.54) is 0 Å². The van der Waals surface area contributed by atoms with Crippen LogP contribution in [-0.2, 0) is 4.79 Å². The van der Waals surface area contributed by atoms with Crippen molar-refractivity contribution in [3.63, 3.8) is 0 Å². The Bertz CT molecular complexity index is 194. The van der Waals surface area contributed by atoms with Crippen LogP contribution in [0.15, 0.2) is 36.4 Å². The number of halogens is 1. The van der Waals surface area contributed by atoms with Crippen molar-refractivity contribution in [2.24, 2.45) is 0 Å². The molecule has 0 saturated heterocycles. The number of carbonyl (C=O) groups excluding carboxylic acids is 1. The maximum absolute atomic E-state index is 10.1. The molecule has 1 rings (SSSR count). The largest absolute Gasteiger partial charge is 0.281 e. The molecule has 14 heavy (non-hydrogen) atoms. The van der Waals surface area contributed by atoms with Gasteiger partial charge >= 0.3 is 0 Å². The molecule has 2 heteroatoms. The van der Waals surface area contributed by atoms with Gasteiger partial charge in [-0.05, 0) is 18.0 Å². The van der Waals surface area contributed by atoms with Gasteiger partial charge in [0.2, 0.25) is 5.24 Å². The highest BCUT2D eigenvalue weighted by Crippen LogP contribution is 2.00. The standard InChI is InChI=1S/C6H11ClO.C6H6/c1-2-3-4-5-6(7)8;1-2-4-6-5-3-1/h2-5H2,1H3;1-6H. The van der Waals surface area contributed by atoms with Crippen molar-refractivity contribution in [2.75, 3.05) is 0 Å². The highest BCUT2D eigenvalue weighted by molar-refractivity contribution is 6.63. The van der Waals surface area contributed by atoms with Gasteiger partial charge in [-0.3, -0.25) is 4.79 Å². The summed E-state index contributed by atoms with van der Waals surface area (Å²) in [6, 6.07) is 12.0. The van der Waals surface area contributed by atoms with E-state index in [0.29, 0.717) is 6.42 Å². The third-order valence-electron chi connectivity index (χ3n) is 1.64. The summed E-state index contributed by atoms with van der Waals surface area (Å²) >= 11 is 5.07. The van der Waals surface area contributed by atoms with E-state index in [1.54, 1.807) is 0 Å². The summed E-state index contributed by atoms with van der Waals surface area (Å²) in [5.41, 5.74) is 0. The van der Waals surface area contributed by atoms with Crippen molar-refractivity contribution in [3.8, 4) is 0 Å². The van der Waals surface area contributed by atoms with Crippen molar-refractivity contribution in [1.29, 1.82) is 0 Å². The lowest BCUT2D eigenvalue weighted by molar-refractivity contribution is -0.111. The third kappa shape index (κ3) is 11.2. The number of rotatable bonds is 4. The molecule has 0 N–H and O–H groups in total. The Balaban J connectivity index is 0.000000249. The molecule has 0 spiro atoms. The molecule has 78 valence electrons. The highest BCUT2D eigenvalue weighted by atomic mass is 35.5. The van der Waals surface area contributed by atoms with Crippen LogP contribution < -0.4 is 0 Å². The van der Waals surface area contributed by atoms with E-state index in [1.807, 2.05) is 36.4 Å². The van der Waals surface area contributed by atoms with Crippen molar-refractivity contribution in [3.05, 3.63) is 36.4 Å². The van der Waals surface area contributed by atoms with Gasteiger partial charge < -0.3 is 0 Å². The van der Waals surface area contributed by atoms with Crippen LogP contribution in [-0.4, -0.2) is 5.24 Å². The van der Waals surface area contributed by atoms with Gasteiger partial charge in [0, 0.05) is 6.42 Å². The van der Waals surface area contributed by atoms with Crippen LogP contribution in [0.2, 0.25) is 0 Å². The van der Waals surface area contributed by atoms with Gasteiger partial charge in [0.1, 0.15) is 0 Å². The summed E-state index contributed by atoms with van der Waals surface area (Å²) in [5.74, 6) is 0. The number of benzene rings is 1. The normalized spacial score (nSPS) is 8.71. The van der Waals surface area contributed by atoms with E-state index >= 15 is 0 Å². The van der Waals surface area contributed by atoms with E-state index in [-0.39, 0.29) is 5.24 Å². The van der Waals surface area contributed by atoms with Crippen LogP contribution in [0.25, 0.3) is 0 Å². The smallest absolute Gasteiger partial charge is 0.221 e.